The molecule has 1 aliphatic rings. The zero-order chi connectivity index (χ0) is 16.5. The molecular formula is C14H16Cl2N2O3S. The van der Waals surface area contributed by atoms with Crippen molar-refractivity contribution in [3.63, 3.8) is 0 Å². The molecule has 120 valence electrons. The van der Waals surface area contributed by atoms with Gasteiger partial charge in [-0.1, -0.05) is 35.0 Å². The van der Waals surface area contributed by atoms with Gasteiger partial charge in [0.05, 0.1) is 16.6 Å². The molecule has 2 amide bonds. The Labute approximate surface area is 143 Å². The monoisotopic (exact) mass is 362 g/mol. The van der Waals surface area contributed by atoms with Gasteiger partial charge in [0.1, 0.15) is 0 Å². The van der Waals surface area contributed by atoms with Crippen molar-refractivity contribution in [2.75, 3.05) is 10.8 Å². The third-order valence-electron chi connectivity index (χ3n) is 2.71. The molecule has 0 bridgehead atoms. The number of ether oxygens (including phenoxy) is 1. The van der Waals surface area contributed by atoms with E-state index in [0.717, 1.165) is 0 Å². The van der Waals surface area contributed by atoms with E-state index in [4.69, 9.17) is 27.9 Å². The van der Waals surface area contributed by atoms with E-state index < -0.39 is 17.1 Å². The van der Waals surface area contributed by atoms with E-state index in [1.54, 1.807) is 18.2 Å². The first-order valence-corrected chi connectivity index (χ1v) is 8.35. The standard InChI is InChI=1S/C14H16Cl2N2O3S/c1-14(2,3)17-13(20)21-12-11(19)18(7-22-12)10-6-8(15)4-5-9(10)16/h4-6,12H,7H2,1-3H3,(H,17,20). The SMILES string of the molecule is CC(C)(C)NC(=O)OC1SCN(c2cc(Cl)ccc2Cl)C1=O. The molecule has 5 nitrogen and oxygen atoms in total. The highest BCUT2D eigenvalue weighted by Crippen LogP contribution is 2.35. The lowest BCUT2D eigenvalue weighted by molar-refractivity contribution is -0.122. The van der Waals surface area contributed by atoms with E-state index in [9.17, 15) is 9.59 Å². The lowest BCUT2D eigenvalue weighted by Gasteiger charge is -2.21. The van der Waals surface area contributed by atoms with E-state index in [0.29, 0.717) is 21.6 Å². The Kier molecular flexibility index (Phi) is 5.14. The third-order valence-corrected chi connectivity index (χ3v) is 4.28. The van der Waals surface area contributed by atoms with Crippen LogP contribution in [0.15, 0.2) is 18.2 Å². The Hall–Kier alpha value is -1.11. The van der Waals surface area contributed by atoms with Gasteiger partial charge in [0.15, 0.2) is 0 Å². The molecule has 0 radical (unpaired) electrons. The van der Waals surface area contributed by atoms with Gasteiger partial charge in [-0.3, -0.25) is 9.69 Å². The summed E-state index contributed by atoms with van der Waals surface area (Å²) in [7, 11) is 0. The number of nitrogens with zero attached hydrogens (tertiary/aromatic N) is 1. The van der Waals surface area contributed by atoms with Gasteiger partial charge in [-0.2, -0.15) is 0 Å². The number of benzene rings is 1. The average molecular weight is 363 g/mol. The fraction of sp³-hybridized carbons (Fsp3) is 0.429. The predicted molar refractivity (Wildman–Crippen MR) is 89.6 cm³/mol. The van der Waals surface area contributed by atoms with Crippen LogP contribution >= 0.6 is 35.0 Å². The number of thioether (sulfide) groups is 1. The maximum atomic E-state index is 12.4. The molecule has 1 aliphatic heterocycles. The van der Waals surface area contributed by atoms with Crippen molar-refractivity contribution in [1.29, 1.82) is 0 Å². The number of anilines is 1. The van der Waals surface area contributed by atoms with Crippen molar-refractivity contribution in [2.24, 2.45) is 0 Å². The van der Waals surface area contributed by atoms with Crippen LogP contribution in [0.1, 0.15) is 20.8 Å². The van der Waals surface area contributed by atoms with E-state index in [1.165, 1.54) is 16.7 Å². The van der Waals surface area contributed by atoms with Crippen molar-refractivity contribution in [3.05, 3.63) is 28.2 Å². The molecule has 0 saturated carbocycles. The summed E-state index contributed by atoms with van der Waals surface area (Å²) in [5, 5.41) is 3.54. The van der Waals surface area contributed by atoms with Crippen LogP contribution in [0.4, 0.5) is 10.5 Å². The minimum atomic E-state index is -0.891. The molecule has 1 saturated heterocycles. The van der Waals surface area contributed by atoms with Gasteiger partial charge in [0.25, 0.3) is 5.91 Å². The summed E-state index contributed by atoms with van der Waals surface area (Å²) in [5.41, 5.74) is -0.814. The van der Waals surface area contributed by atoms with Crippen LogP contribution in [-0.4, -0.2) is 28.9 Å². The number of rotatable bonds is 2. The normalized spacial score (nSPS) is 18.5. The van der Waals surface area contributed by atoms with Crippen LogP contribution in [0.2, 0.25) is 10.0 Å². The number of carbonyl (C=O) groups is 2. The van der Waals surface area contributed by atoms with Crippen molar-refractivity contribution >= 4 is 52.7 Å². The maximum Gasteiger partial charge on any atom is 0.409 e. The third kappa shape index (κ3) is 4.21. The first-order chi connectivity index (χ1) is 10.2. The summed E-state index contributed by atoms with van der Waals surface area (Å²) in [6, 6.07) is 4.88. The molecule has 0 spiro atoms. The van der Waals surface area contributed by atoms with Gasteiger partial charge in [-0.15, -0.1) is 0 Å². The second kappa shape index (κ2) is 6.56. The lowest BCUT2D eigenvalue weighted by Crippen LogP contribution is -2.43. The number of alkyl carbamates (subject to hydrolysis) is 1. The Morgan fingerprint density at radius 3 is 2.73 bits per heavy atom. The molecule has 1 unspecified atom stereocenters. The molecule has 22 heavy (non-hydrogen) atoms. The number of amides is 2. The second-order valence-electron chi connectivity index (χ2n) is 5.77. The van der Waals surface area contributed by atoms with Gasteiger partial charge in [0.2, 0.25) is 5.44 Å². The average Bonchev–Trinajstić information content (AvgIpc) is 2.72. The first-order valence-electron chi connectivity index (χ1n) is 6.54. The Morgan fingerprint density at radius 2 is 2.09 bits per heavy atom. The molecule has 1 aromatic carbocycles. The zero-order valence-electron chi connectivity index (χ0n) is 12.4. The minimum Gasteiger partial charge on any atom is -0.425 e. The maximum absolute atomic E-state index is 12.4. The zero-order valence-corrected chi connectivity index (χ0v) is 14.7. The number of halogens is 2. The molecule has 1 N–H and O–H groups in total. The van der Waals surface area contributed by atoms with Crippen LogP contribution in [-0.2, 0) is 9.53 Å². The van der Waals surface area contributed by atoms with Crippen LogP contribution in [0.5, 0.6) is 0 Å². The number of hydrogen-bond acceptors (Lipinski definition) is 4. The van der Waals surface area contributed by atoms with Gasteiger partial charge in [-0.25, -0.2) is 4.79 Å². The number of carbonyl (C=O) groups excluding carboxylic acids is 2. The highest BCUT2D eigenvalue weighted by Gasteiger charge is 2.37. The molecule has 2 rings (SSSR count). The summed E-state index contributed by atoms with van der Waals surface area (Å²) >= 11 is 13.3. The number of hydrogen-bond donors (Lipinski definition) is 1. The van der Waals surface area contributed by atoms with Crippen LogP contribution in [0, 0.1) is 0 Å². The topological polar surface area (TPSA) is 58.6 Å². The van der Waals surface area contributed by atoms with E-state index >= 15 is 0 Å². The smallest absolute Gasteiger partial charge is 0.409 e. The van der Waals surface area contributed by atoms with Gasteiger partial charge < -0.3 is 10.1 Å². The quantitative estimate of drug-likeness (QED) is 0.866. The Bertz CT molecular complexity index is 604. The molecule has 0 aromatic heterocycles. The van der Waals surface area contributed by atoms with Gasteiger partial charge in [-0.05, 0) is 39.0 Å². The van der Waals surface area contributed by atoms with Crippen LogP contribution in [0.25, 0.3) is 0 Å². The minimum absolute atomic E-state index is 0.335. The summed E-state index contributed by atoms with van der Waals surface area (Å²) in [5.74, 6) is 0.00467. The molecule has 1 heterocycles. The molecule has 8 heteroatoms. The molecular weight excluding hydrogens is 347 g/mol. The van der Waals surface area contributed by atoms with Gasteiger partial charge in [0, 0.05) is 10.6 Å². The van der Waals surface area contributed by atoms with Crippen molar-refractivity contribution in [2.45, 2.75) is 31.7 Å². The van der Waals surface area contributed by atoms with Crippen molar-refractivity contribution in [1.82, 2.24) is 5.32 Å². The fourth-order valence-corrected chi connectivity index (χ4v) is 3.16. The Balaban J connectivity index is 2.07. The lowest BCUT2D eigenvalue weighted by atomic mass is 10.1. The fourth-order valence-electron chi connectivity index (χ4n) is 1.80. The van der Waals surface area contributed by atoms with Crippen LogP contribution < -0.4 is 10.2 Å². The largest absolute Gasteiger partial charge is 0.425 e. The van der Waals surface area contributed by atoms with Gasteiger partial charge >= 0.3 is 6.09 Å². The molecule has 1 aromatic rings. The highest BCUT2D eigenvalue weighted by molar-refractivity contribution is 8.01. The van der Waals surface area contributed by atoms with Crippen molar-refractivity contribution in [3.8, 4) is 0 Å². The van der Waals surface area contributed by atoms with E-state index in [2.05, 4.69) is 5.32 Å². The molecule has 1 fully saturated rings. The predicted octanol–water partition coefficient (Wildman–Crippen LogP) is 3.88. The highest BCUT2D eigenvalue weighted by atomic mass is 35.5. The van der Waals surface area contributed by atoms with E-state index in [-0.39, 0.29) is 5.91 Å². The summed E-state index contributed by atoms with van der Waals surface area (Å²) in [4.78, 5) is 25.6. The molecule has 1 atom stereocenters. The Morgan fingerprint density at radius 1 is 1.41 bits per heavy atom. The second-order valence-corrected chi connectivity index (χ2v) is 7.63. The summed E-state index contributed by atoms with van der Waals surface area (Å²) < 4.78 is 5.17. The van der Waals surface area contributed by atoms with E-state index in [1.807, 2.05) is 20.8 Å². The molecule has 0 aliphatic carbocycles. The van der Waals surface area contributed by atoms with Crippen molar-refractivity contribution < 1.29 is 14.3 Å². The van der Waals surface area contributed by atoms with Crippen LogP contribution in [0.3, 0.4) is 0 Å². The number of nitrogens with one attached hydrogen (secondary N) is 1. The summed E-state index contributed by atoms with van der Waals surface area (Å²) in [6.45, 7) is 5.49. The summed E-state index contributed by atoms with van der Waals surface area (Å²) in [6.07, 6.45) is -0.627. The first kappa shape index (κ1) is 17.2.